The fourth-order valence-electron chi connectivity index (χ4n) is 1.70. The molecule has 0 amide bonds. The predicted octanol–water partition coefficient (Wildman–Crippen LogP) is 2.25. The van der Waals surface area contributed by atoms with Crippen LogP contribution in [0, 0.1) is 0 Å². The molecule has 0 radical (unpaired) electrons. The molecule has 1 heterocycles. The van der Waals surface area contributed by atoms with Gasteiger partial charge in [0.05, 0.1) is 7.11 Å². The summed E-state index contributed by atoms with van der Waals surface area (Å²) in [5, 5.41) is 0. The number of aromatic nitrogens is 1. The van der Waals surface area contributed by atoms with E-state index in [0.29, 0.717) is 0 Å². The van der Waals surface area contributed by atoms with E-state index in [2.05, 4.69) is 0 Å². The fraction of sp³-hybridized carbons (Fsp3) is 0.154. The molecule has 0 saturated heterocycles. The molecular formula is C13H13NO2. The second-order valence-electron chi connectivity index (χ2n) is 3.47. The number of hydrogen-bond acceptors (Lipinski definition) is 2. The van der Waals surface area contributed by atoms with Gasteiger partial charge in [0.2, 0.25) is 0 Å². The summed E-state index contributed by atoms with van der Waals surface area (Å²) in [7, 11) is 1.40. The lowest BCUT2D eigenvalue weighted by molar-refractivity contribution is -0.143. The van der Waals surface area contributed by atoms with Crippen molar-refractivity contribution in [1.29, 1.82) is 0 Å². The van der Waals surface area contributed by atoms with Crippen LogP contribution < -0.4 is 0 Å². The predicted molar refractivity (Wildman–Crippen MR) is 61.0 cm³/mol. The number of carbonyl (C=O) groups excluding carboxylic acids is 1. The monoisotopic (exact) mass is 215 g/mol. The van der Waals surface area contributed by atoms with Crippen LogP contribution in [0.5, 0.6) is 0 Å². The quantitative estimate of drug-likeness (QED) is 0.735. The van der Waals surface area contributed by atoms with Crippen molar-refractivity contribution in [2.24, 2.45) is 0 Å². The van der Waals surface area contributed by atoms with Crippen molar-refractivity contribution in [1.82, 2.24) is 4.57 Å². The van der Waals surface area contributed by atoms with Gasteiger partial charge in [-0.3, -0.25) is 0 Å². The molecule has 2 aromatic rings. The van der Waals surface area contributed by atoms with Crippen molar-refractivity contribution in [2.75, 3.05) is 7.11 Å². The van der Waals surface area contributed by atoms with Gasteiger partial charge in [0.1, 0.15) is 0 Å². The Morgan fingerprint density at radius 2 is 1.75 bits per heavy atom. The van der Waals surface area contributed by atoms with Crippen LogP contribution in [0.3, 0.4) is 0 Å². The van der Waals surface area contributed by atoms with Crippen LogP contribution in [-0.4, -0.2) is 17.6 Å². The maximum absolute atomic E-state index is 11.8. The molecule has 16 heavy (non-hydrogen) atoms. The Bertz CT molecular complexity index is 448. The topological polar surface area (TPSA) is 31.2 Å². The van der Waals surface area contributed by atoms with Gasteiger partial charge in [-0.2, -0.15) is 0 Å². The average Bonchev–Trinajstić information content (AvgIpc) is 2.84. The number of methoxy groups -OCH3 is 1. The zero-order chi connectivity index (χ0) is 11.4. The van der Waals surface area contributed by atoms with Crippen molar-refractivity contribution in [3.05, 3.63) is 60.4 Å². The number of esters is 1. The summed E-state index contributed by atoms with van der Waals surface area (Å²) in [6, 6.07) is 13.0. The van der Waals surface area contributed by atoms with Crippen LogP contribution in [0.1, 0.15) is 11.6 Å². The number of benzene rings is 1. The summed E-state index contributed by atoms with van der Waals surface area (Å²) < 4.78 is 6.67. The van der Waals surface area contributed by atoms with Gasteiger partial charge in [-0.05, 0) is 17.7 Å². The van der Waals surface area contributed by atoms with Gasteiger partial charge in [0.25, 0.3) is 0 Å². The third kappa shape index (κ3) is 1.98. The Morgan fingerprint density at radius 3 is 2.31 bits per heavy atom. The van der Waals surface area contributed by atoms with Gasteiger partial charge >= 0.3 is 5.97 Å². The first kappa shape index (κ1) is 10.5. The summed E-state index contributed by atoms with van der Waals surface area (Å²) in [6.07, 6.45) is 3.71. The number of ether oxygens (including phenoxy) is 1. The molecule has 1 aromatic carbocycles. The molecule has 0 spiro atoms. The zero-order valence-electron chi connectivity index (χ0n) is 9.04. The van der Waals surface area contributed by atoms with E-state index in [9.17, 15) is 4.79 Å². The molecule has 2 rings (SSSR count). The second-order valence-corrected chi connectivity index (χ2v) is 3.47. The smallest absolute Gasteiger partial charge is 0.333 e. The summed E-state index contributed by atoms with van der Waals surface area (Å²) in [5.41, 5.74) is 0.922. The second kappa shape index (κ2) is 4.66. The van der Waals surface area contributed by atoms with Crippen LogP contribution in [0.25, 0.3) is 0 Å². The zero-order valence-corrected chi connectivity index (χ0v) is 9.04. The van der Waals surface area contributed by atoms with Crippen LogP contribution >= 0.6 is 0 Å². The molecule has 3 heteroatoms. The maximum Gasteiger partial charge on any atom is 0.333 e. The Balaban J connectivity index is 2.40. The summed E-state index contributed by atoms with van der Waals surface area (Å²) in [5.74, 6) is -0.262. The van der Waals surface area contributed by atoms with Crippen molar-refractivity contribution < 1.29 is 9.53 Å². The van der Waals surface area contributed by atoms with Gasteiger partial charge in [-0.25, -0.2) is 4.79 Å². The number of nitrogens with zero attached hydrogens (tertiary/aromatic N) is 1. The highest BCUT2D eigenvalue weighted by molar-refractivity contribution is 5.78. The van der Waals surface area contributed by atoms with Crippen LogP contribution in [0.2, 0.25) is 0 Å². The van der Waals surface area contributed by atoms with Gasteiger partial charge < -0.3 is 9.30 Å². The van der Waals surface area contributed by atoms with Crippen molar-refractivity contribution in [3.63, 3.8) is 0 Å². The SMILES string of the molecule is COC(=O)[C@@H](c1ccccc1)n1cccc1. The van der Waals surface area contributed by atoms with Crippen molar-refractivity contribution >= 4 is 5.97 Å². The summed E-state index contributed by atoms with van der Waals surface area (Å²) in [4.78, 5) is 11.8. The molecule has 82 valence electrons. The number of hydrogen-bond donors (Lipinski definition) is 0. The molecule has 1 atom stereocenters. The molecular weight excluding hydrogens is 202 g/mol. The molecule has 0 N–H and O–H groups in total. The minimum atomic E-state index is -0.402. The first-order chi connectivity index (χ1) is 7.83. The molecule has 0 bridgehead atoms. The highest BCUT2D eigenvalue weighted by atomic mass is 16.5. The lowest BCUT2D eigenvalue weighted by atomic mass is 10.1. The van der Waals surface area contributed by atoms with Gasteiger partial charge in [-0.1, -0.05) is 30.3 Å². The summed E-state index contributed by atoms with van der Waals surface area (Å²) in [6.45, 7) is 0. The van der Waals surface area contributed by atoms with Crippen LogP contribution in [-0.2, 0) is 9.53 Å². The lowest BCUT2D eigenvalue weighted by Gasteiger charge is -2.16. The Kier molecular flexibility index (Phi) is 3.05. The Labute approximate surface area is 94.3 Å². The van der Waals surface area contributed by atoms with E-state index in [1.807, 2.05) is 59.4 Å². The fourth-order valence-corrected chi connectivity index (χ4v) is 1.70. The van der Waals surface area contributed by atoms with E-state index < -0.39 is 6.04 Å². The third-order valence-electron chi connectivity index (χ3n) is 2.47. The third-order valence-corrected chi connectivity index (χ3v) is 2.47. The number of rotatable bonds is 3. The molecule has 0 unspecified atom stereocenters. The van der Waals surface area contributed by atoms with Crippen molar-refractivity contribution in [3.8, 4) is 0 Å². The molecule has 0 saturated carbocycles. The Morgan fingerprint density at radius 1 is 1.12 bits per heavy atom. The molecule has 0 aliphatic heterocycles. The average molecular weight is 215 g/mol. The normalized spacial score (nSPS) is 12.1. The largest absolute Gasteiger partial charge is 0.467 e. The van der Waals surface area contributed by atoms with Gasteiger partial charge in [-0.15, -0.1) is 0 Å². The van der Waals surface area contributed by atoms with Gasteiger partial charge in [0.15, 0.2) is 6.04 Å². The minimum absolute atomic E-state index is 0.262. The van der Waals surface area contributed by atoms with Crippen molar-refractivity contribution in [2.45, 2.75) is 6.04 Å². The Hall–Kier alpha value is -2.03. The van der Waals surface area contributed by atoms with E-state index in [0.717, 1.165) is 5.56 Å². The first-order valence-corrected chi connectivity index (χ1v) is 5.08. The molecule has 0 aliphatic carbocycles. The first-order valence-electron chi connectivity index (χ1n) is 5.08. The lowest BCUT2D eigenvalue weighted by Crippen LogP contribution is -2.20. The van der Waals surface area contributed by atoms with Crippen LogP contribution in [0.15, 0.2) is 54.9 Å². The molecule has 0 aliphatic rings. The maximum atomic E-state index is 11.8. The van der Waals surface area contributed by atoms with E-state index in [1.54, 1.807) is 0 Å². The molecule has 3 nitrogen and oxygen atoms in total. The molecule has 0 fully saturated rings. The highest BCUT2D eigenvalue weighted by Crippen LogP contribution is 2.19. The van der Waals surface area contributed by atoms with E-state index >= 15 is 0 Å². The standard InChI is InChI=1S/C13H13NO2/c1-16-13(15)12(14-9-5-6-10-14)11-7-3-2-4-8-11/h2-10,12H,1H3/t12-/m1/s1. The minimum Gasteiger partial charge on any atom is -0.467 e. The van der Waals surface area contributed by atoms with E-state index in [-0.39, 0.29) is 5.97 Å². The molecule has 1 aromatic heterocycles. The van der Waals surface area contributed by atoms with E-state index in [1.165, 1.54) is 7.11 Å². The van der Waals surface area contributed by atoms with E-state index in [4.69, 9.17) is 4.74 Å². The van der Waals surface area contributed by atoms with Gasteiger partial charge in [0, 0.05) is 12.4 Å². The summed E-state index contributed by atoms with van der Waals surface area (Å²) >= 11 is 0. The van der Waals surface area contributed by atoms with Crippen LogP contribution in [0.4, 0.5) is 0 Å². The highest BCUT2D eigenvalue weighted by Gasteiger charge is 2.21. The number of carbonyl (C=O) groups is 1.